The number of hydrogen-bond acceptors (Lipinski definition) is 7. The number of nitrogens with one attached hydrogen (secondary N) is 1. The minimum atomic E-state index is -3.19. The zero-order chi connectivity index (χ0) is 33.9. The summed E-state index contributed by atoms with van der Waals surface area (Å²) in [6, 6.07) is 18.2. The van der Waals surface area contributed by atoms with E-state index in [1.165, 1.54) is 24.3 Å². The van der Waals surface area contributed by atoms with Gasteiger partial charge in [-0.15, -0.1) is 0 Å². The Balaban J connectivity index is 1.61. The van der Waals surface area contributed by atoms with Gasteiger partial charge in [-0.3, -0.25) is 14.3 Å². The van der Waals surface area contributed by atoms with Crippen LogP contribution in [0.2, 0.25) is 20.1 Å². The third-order valence-electron chi connectivity index (χ3n) is 6.79. The molecule has 0 aliphatic carbocycles. The van der Waals surface area contributed by atoms with E-state index in [9.17, 15) is 14.4 Å². The highest BCUT2D eigenvalue weighted by molar-refractivity contribution is 6.35. The first kappa shape index (κ1) is 28.3. The quantitative estimate of drug-likeness (QED) is 0.191. The maximum absolute atomic E-state index is 13.6. The number of H-pyrrole nitrogens is 1. The second kappa shape index (κ2) is 13.9. The number of benzene rings is 3. The van der Waals surface area contributed by atoms with Crippen LogP contribution >= 0.6 is 46.4 Å². The number of carbonyl (C=O) groups is 1. The van der Waals surface area contributed by atoms with Crippen molar-refractivity contribution in [2.24, 2.45) is 0 Å². The number of nitrogens with zero attached hydrogens (tertiary/aromatic N) is 1. The number of aromatic nitrogens is 2. The van der Waals surface area contributed by atoms with Gasteiger partial charge >= 0.3 is 11.7 Å². The van der Waals surface area contributed by atoms with Crippen LogP contribution in [0.25, 0.3) is 0 Å². The number of halogens is 4. The van der Waals surface area contributed by atoms with E-state index in [1.807, 2.05) is 0 Å². The van der Waals surface area contributed by atoms with E-state index in [1.54, 1.807) is 42.5 Å². The van der Waals surface area contributed by atoms with Crippen LogP contribution in [0, 0.1) is 0 Å². The maximum Gasteiger partial charge on any atom is 0.338 e. The molecule has 0 amide bonds. The molecule has 230 valence electrons. The smallest absolute Gasteiger partial charge is 0.338 e. The molecule has 0 unspecified atom stereocenters. The Bertz CT molecular complexity index is 1870. The van der Waals surface area contributed by atoms with Crippen molar-refractivity contribution in [1.29, 1.82) is 0 Å². The second-order valence-electron chi connectivity index (χ2n) is 9.81. The summed E-state index contributed by atoms with van der Waals surface area (Å²) in [4.78, 5) is 40.8. The average Bonchev–Trinajstić information content (AvgIpc) is 3.31. The molecule has 2 heterocycles. The topological polar surface area (TPSA) is 109 Å². The molecule has 13 heteroatoms. The summed E-state index contributed by atoms with van der Waals surface area (Å²) >= 11 is 24.8. The highest BCUT2D eigenvalue weighted by Crippen LogP contribution is 2.43. The molecule has 0 spiro atoms. The summed E-state index contributed by atoms with van der Waals surface area (Å²) in [5, 5.41) is 1.35. The highest BCUT2D eigenvalue weighted by atomic mass is 35.5. The molecule has 0 saturated carbocycles. The lowest BCUT2D eigenvalue weighted by Crippen LogP contribution is -2.51. The van der Waals surface area contributed by atoms with Crippen LogP contribution in [-0.4, -0.2) is 39.9 Å². The summed E-state index contributed by atoms with van der Waals surface area (Å²) < 4.78 is 51.4. The lowest BCUT2D eigenvalue weighted by atomic mass is 9.95. The fourth-order valence-corrected chi connectivity index (χ4v) is 5.56. The molecule has 0 bridgehead atoms. The fraction of sp³-hybridized carbons (Fsp3) is 0.258. The summed E-state index contributed by atoms with van der Waals surface area (Å²) in [5.41, 5.74) is -3.39. The highest BCUT2D eigenvalue weighted by Gasteiger charge is 2.59. The normalized spacial score (nSPS) is 22.6. The predicted molar refractivity (Wildman–Crippen MR) is 167 cm³/mol. The van der Waals surface area contributed by atoms with Gasteiger partial charge in [0.1, 0.15) is 12.2 Å². The Hall–Kier alpha value is -3.15. The molecule has 1 aliphatic rings. The van der Waals surface area contributed by atoms with E-state index in [4.69, 9.17) is 69.5 Å². The van der Waals surface area contributed by atoms with Crippen LogP contribution in [0.1, 0.15) is 38.7 Å². The second-order valence-corrected chi connectivity index (χ2v) is 11.5. The van der Waals surface area contributed by atoms with Crippen LogP contribution in [0.15, 0.2) is 88.6 Å². The Morgan fingerprint density at radius 3 is 2.23 bits per heavy atom. The Morgan fingerprint density at radius 2 is 1.61 bits per heavy atom. The number of carbonyl (C=O) groups excluding carboxylic acids is 1. The van der Waals surface area contributed by atoms with Crippen molar-refractivity contribution >= 4 is 52.4 Å². The Morgan fingerprint density at radius 1 is 0.955 bits per heavy atom. The molecule has 4 aromatic rings. The zero-order valence-electron chi connectivity index (χ0n) is 25.7. The summed E-state index contributed by atoms with van der Waals surface area (Å²) in [6.07, 6.45) is -3.64. The summed E-state index contributed by atoms with van der Waals surface area (Å²) in [5.74, 6) is -1.03. The van der Waals surface area contributed by atoms with Gasteiger partial charge in [0.2, 0.25) is 0 Å². The van der Waals surface area contributed by atoms with Gasteiger partial charge in [0.05, 0.1) is 25.4 Å². The van der Waals surface area contributed by atoms with Crippen molar-refractivity contribution in [3.8, 4) is 0 Å². The van der Waals surface area contributed by atoms with Crippen molar-refractivity contribution in [3.63, 3.8) is 0 Å². The predicted octanol–water partition coefficient (Wildman–Crippen LogP) is 6.47. The molecule has 1 N–H and O–H groups in total. The molecule has 1 saturated heterocycles. The molecule has 1 aromatic heterocycles. The van der Waals surface area contributed by atoms with Gasteiger partial charge in [0.25, 0.3) is 5.56 Å². The number of rotatable bonds is 10. The minimum Gasteiger partial charge on any atom is -0.448 e. The number of ether oxygens (including phenoxy) is 4. The summed E-state index contributed by atoms with van der Waals surface area (Å²) in [6.45, 7) is -3.83. The number of aromatic amines is 1. The lowest BCUT2D eigenvalue weighted by molar-refractivity contribution is -0.124. The van der Waals surface area contributed by atoms with E-state index in [0.29, 0.717) is 26.2 Å². The number of esters is 1. The Kier molecular flexibility index (Phi) is 8.93. The van der Waals surface area contributed by atoms with Gasteiger partial charge in [0.15, 0.2) is 11.8 Å². The van der Waals surface area contributed by atoms with Gasteiger partial charge in [0, 0.05) is 36.5 Å². The van der Waals surface area contributed by atoms with E-state index < -0.39 is 48.1 Å². The van der Waals surface area contributed by atoms with Gasteiger partial charge in [-0.05, 0) is 54.4 Å². The minimum absolute atomic E-state index is 0.0280. The SMILES string of the molecule is [2H]C([2H])([2H])[C@@]1(OC(=O)c2ccccc2)[C@H](OCc2ccc(Cl)cc2Cl)[C@@H](COCc2ccc(Cl)cc2Cl)O[C@H]1n1ccc(=O)[nH]c1=O. The monoisotopic (exact) mass is 681 g/mol. The van der Waals surface area contributed by atoms with Crippen LogP contribution in [0.5, 0.6) is 0 Å². The largest absolute Gasteiger partial charge is 0.448 e. The van der Waals surface area contributed by atoms with Gasteiger partial charge in [-0.25, -0.2) is 9.59 Å². The van der Waals surface area contributed by atoms with Crippen LogP contribution in [0.4, 0.5) is 0 Å². The summed E-state index contributed by atoms with van der Waals surface area (Å²) in [7, 11) is 0. The molecule has 1 aliphatic heterocycles. The molecule has 1 fully saturated rings. The number of hydrogen-bond donors (Lipinski definition) is 1. The van der Waals surface area contributed by atoms with Crippen molar-refractivity contribution < 1.29 is 27.9 Å². The van der Waals surface area contributed by atoms with E-state index in [0.717, 1.165) is 16.8 Å². The van der Waals surface area contributed by atoms with Crippen LogP contribution in [0.3, 0.4) is 0 Å². The molecular formula is C31H26Cl4N2O7. The van der Waals surface area contributed by atoms with Crippen molar-refractivity contribution in [3.05, 3.63) is 137 Å². The van der Waals surface area contributed by atoms with E-state index in [-0.39, 0.29) is 30.4 Å². The van der Waals surface area contributed by atoms with E-state index in [2.05, 4.69) is 4.98 Å². The van der Waals surface area contributed by atoms with E-state index >= 15 is 0 Å². The van der Waals surface area contributed by atoms with Crippen LogP contribution < -0.4 is 11.2 Å². The average molecular weight is 683 g/mol. The van der Waals surface area contributed by atoms with Crippen molar-refractivity contribution in [2.75, 3.05) is 6.61 Å². The standard InChI is InChI=1S/C31H26Cl4N2O7/c1-31(44-28(39)18-5-3-2-4-6-18)27(42-16-20-8-10-22(33)14-24(20)35)25(17-41-15-19-7-9-21(32)13-23(19)34)43-29(31)37-12-11-26(38)36-30(37)40/h2-14,25,27,29H,15-17H2,1H3,(H,36,38,40)/t25-,27-,29-,31-/m1/s1/i1D3. The Labute approximate surface area is 276 Å². The third kappa shape index (κ3) is 7.21. The molecule has 5 rings (SSSR count). The van der Waals surface area contributed by atoms with Crippen molar-refractivity contribution in [1.82, 2.24) is 9.55 Å². The molecule has 9 nitrogen and oxygen atoms in total. The zero-order valence-corrected chi connectivity index (χ0v) is 25.7. The molecular weight excluding hydrogens is 654 g/mol. The molecule has 3 aromatic carbocycles. The maximum atomic E-state index is 13.6. The molecule has 0 radical (unpaired) electrons. The lowest BCUT2D eigenvalue weighted by Gasteiger charge is -2.35. The molecule has 44 heavy (non-hydrogen) atoms. The third-order valence-corrected chi connectivity index (χ3v) is 7.97. The fourth-order valence-electron chi connectivity index (χ4n) is 4.63. The van der Waals surface area contributed by atoms with Crippen LogP contribution in [-0.2, 0) is 32.2 Å². The van der Waals surface area contributed by atoms with Gasteiger partial charge in [-0.1, -0.05) is 76.7 Å². The van der Waals surface area contributed by atoms with Gasteiger partial charge < -0.3 is 18.9 Å². The first-order chi connectivity index (χ1) is 22.3. The first-order valence-corrected chi connectivity index (χ1v) is 14.6. The van der Waals surface area contributed by atoms with Gasteiger partial charge in [-0.2, -0.15) is 0 Å². The van der Waals surface area contributed by atoms with Crippen molar-refractivity contribution in [2.45, 2.75) is 44.1 Å². The molecule has 4 atom stereocenters. The first-order valence-electron chi connectivity index (χ1n) is 14.6.